The fourth-order valence-electron chi connectivity index (χ4n) is 3.05. The summed E-state index contributed by atoms with van der Waals surface area (Å²) < 4.78 is 16.0. The predicted molar refractivity (Wildman–Crippen MR) is 113 cm³/mol. The Morgan fingerprint density at radius 2 is 1.68 bits per heavy atom. The minimum Gasteiger partial charge on any atom is -0.496 e. The van der Waals surface area contributed by atoms with E-state index < -0.39 is 5.91 Å². The summed E-state index contributed by atoms with van der Waals surface area (Å²) in [6.45, 7) is 2.97. The molecule has 1 fully saturated rings. The normalized spacial score (nSPS) is 13.6. The molecule has 0 radical (unpaired) electrons. The van der Waals surface area contributed by atoms with Crippen LogP contribution < -0.4 is 25.0 Å². The third-order valence-corrected chi connectivity index (χ3v) is 4.59. The van der Waals surface area contributed by atoms with Crippen molar-refractivity contribution in [3.63, 3.8) is 0 Å². The van der Waals surface area contributed by atoms with Gasteiger partial charge in [0, 0.05) is 13.1 Å². The van der Waals surface area contributed by atoms with Gasteiger partial charge >= 0.3 is 0 Å². The van der Waals surface area contributed by atoms with E-state index in [4.69, 9.17) is 26.4 Å². The lowest BCUT2D eigenvalue weighted by Crippen LogP contribution is -2.38. The zero-order chi connectivity index (χ0) is 19.9. The molecule has 0 atom stereocenters. The van der Waals surface area contributed by atoms with Crippen molar-refractivity contribution < 1.29 is 19.0 Å². The van der Waals surface area contributed by atoms with E-state index in [0.29, 0.717) is 24.7 Å². The maximum atomic E-state index is 12.8. The molecule has 8 heteroatoms. The molecule has 0 spiro atoms. The highest BCUT2D eigenvalue weighted by Gasteiger charge is 2.20. The number of ether oxygens (including phenoxy) is 3. The number of morpholine rings is 1. The third kappa shape index (κ3) is 4.52. The molecule has 1 amide bonds. The lowest BCUT2D eigenvalue weighted by Gasteiger charge is -2.30. The first kappa shape index (κ1) is 19.9. The predicted octanol–water partition coefficient (Wildman–Crippen LogP) is 2.67. The van der Waals surface area contributed by atoms with E-state index in [9.17, 15) is 4.79 Å². The standard InChI is InChI=1S/C20H23N3O4S/c1-25-16-8-5-9-17(26-2)18(16)19(24)22-20(28)21-14-6-3-4-7-15(14)23-10-12-27-13-11-23/h3-9H,10-13H2,1-2H3,(H2,21,22,24,28). The molecule has 0 bridgehead atoms. The van der Waals surface area contributed by atoms with Crippen molar-refractivity contribution in [3.05, 3.63) is 48.0 Å². The summed E-state index contributed by atoms with van der Waals surface area (Å²) in [7, 11) is 3.00. The van der Waals surface area contributed by atoms with Gasteiger partial charge < -0.3 is 24.4 Å². The van der Waals surface area contributed by atoms with Crippen molar-refractivity contribution in [2.75, 3.05) is 50.7 Å². The first-order valence-corrected chi connectivity index (χ1v) is 9.30. The van der Waals surface area contributed by atoms with Crippen LogP contribution in [0.2, 0.25) is 0 Å². The molecule has 28 heavy (non-hydrogen) atoms. The number of methoxy groups -OCH3 is 2. The molecule has 1 aliphatic rings. The Labute approximate surface area is 169 Å². The number of carbonyl (C=O) groups excluding carboxylic acids is 1. The summed E-state index contributed by atoms with van der Waals surface area (Å²) in [5, 5.41) is 6.01. The van der Waals surface area contributed by atoms with E-state index in [-0.39, 0.29) is 10.7 Å². The largest absolute Gasteiger partial charge is 0.496 e. The minimum atomic E-state index is -0.407. The number of hydrogen-bond donors (Lipinski definition) is 2. The van der Waals surface area contributed by atoms with Crippen LogP contribution in [0, 0.1) is 0 Å². The fourth-order valence-corrected chi connectivity index (χ4v) is 3.26. The van der Waals surface area contributed by atoms with Gasteiger partial charge in [0.1, 0.15) is 17.1 Å². The zero-order valence-corrected chi connectivity index (χ0v) is 16.7. The summed E-state index contributed by atoms with van der Waals surface area (Å²) >= 11 is 5.36. The summed E-state index contributed by atoms with van der Waals surface area (Å²) in [5.74, 6) is 0.414. The molecular weight excluding hydrogens is 378 g/mol. The van der Waals surface area contributed by atoms with Gasteiger partial charge in [-0.25, -0.2) is 0 Å². The monoisotopic (exact) mass is 401 g/mol. The average molecular weight is 401 g/mol. The van der Waals surface area contributed by atoms with Crippen LogP contribution in [-0.2, 0) is 4.74 Å². The average Bonchev–Trinajstić information content (AvgIpc) is 2.73. The number of thiocarbonyl (C=S) groups is 1. The molecule has 1 saturated heterocycles. The topological polar surface area (TPSA) is 72.1 Å². The van der Waals surface area contributed by atoms with Gasteiger partial charge in [-0.2, -0.15) is 0 Å². The van der Waals surface area contributed by atoms with E-state index in [0.717, 1.165) is 24.5 Å². The number of carbonyl (C=O) groups is 1. The first-order valence-electron chi connectivity index (χ1n) is 8.89. The summed E-state index contributed by atoms with van der Waals surface area (Å²) in [6.07, 6.45) is 0. The molecule has 1 heterocycles. The van der Waals surface area contributed by atoms with Gasteiger partial charge in [0.25, 0.3) is 5.91 Å². The number of para-hydroxylation sites is 2. The van der Waals surface area contributed by atoms with Gasteiger partial charge in [-0.05, 0) is 36.5 Å². The van der Waals surface area contributed by atoms with Gasteiger partial charge in [0.05, 0.1) is 38.8 Å². The summed E-state index contributed by atoms with van der Waals surface area (Å²) in [4.78, 5) is 15.0. The molecule has 1 aliphatic heterocycles. The SMILES string of the molecule is COc1cccc(OC)c1C(=O)NC(=S)Nc1ccccc1N1CCOCC1. The number of rotatable bonds is 5. The molecule has 2 N–H and O–H groups in total. The van der Waals surface area contributed by atoms with Crippen LogP contribution in [0.3, 0.4) is 0 Å². The van der Waals surface area contributed by atoms with Crippen LogP contribution in [0.15, 0.2) is 42.5 Å². The summed E-state index contributed by atoms with van der Waals surface area (Å²) in [6, 6.07) is 13.0. The Morgan fingerprint density at radius 3 is 2.32 bits per heavy atom. The fraction of sp³-hybridized carbons (Fsp3) is 0.300. The molecule has 0 aromatic heterocycles. The number of nitrogens with one attached hydrogen (secondary N) is 2. The molecule has 7 nitrogen and oxygen atoms in total. The number of benzene rings is 2. The highest BCUT2D eigenvalue weighted by atomic mass is 32.1. The van der Waals surface area contributed by atoms with E-state index >= 15 is 0 Å². The Bertz CT molecular complexity index is 831. The van der Waals surface area contributed by atoms with Gasteiger partial charge in [-0.15, -0.1) is 0 Å². The third-order valence-electron chi connectivity index (χ3n) is 4.39. The molecular formula is C20H23N3O4S. The van der Waals surface area contributed by atoms with Crippen LogP contribution in [0.5, 0.6) is 11.5 Å². The Kier molecular flexibility index (Phi) is 6.67. The van der Waals surface area contributed by atoms with Crippen molar-refractivity contribution in [1.82, 2.24) is 5.32 Å². The number of nitrogens with zero attached hydrogens (tertiary/aromatic N) is 1. The van der Waals surface area contributed by atoms with Gasteiger partial charge in [-0.3, -0.25) is 10.1 Å². The van der Waals surface area contributed by atoms with E-state index in [2.05, 4.69) is 15.5 Å². The highest BCUT2D eigenvalue weighted by molar-refractivity contribution is 7.80. The second-order valence-electron chi connectivity index (χ2n) is 6.06. The molecule has 148 valence electrons. The number of amides is 1. The van der Waals surface area contributed by atoms with Crippen LogP contribution in [0.25, 0.3) is 0 Å². The van der Waals surface area contributed by atoms with Crippen LogP contribution >= 0.6 is 12.2 Å². The number of anilines is 2. The maximum Gasteiger partial charge on any atom is 0.264 e. The Morgan fingerprint density at radius 1 is 1.04 bits per heavy atom. The molecule has 2 aromatic rings. The Balaban J connectivity index is 1.74. The second-order valence-corrected chi connectivity index (χ2v) is 6.47. The number of hydrogen-bond acceptors (Lipinski definition) is 6. The zero-order valence-electron chi connectivity index (χ0n) is 15.9. The van der Waals surface area contributed by atoms with E-state index in [1.807, 2.05) is 24.3 Å². The highest BCUT2D eigenvalue weighted by Crippen LogP contribution is 2.29. The molecule has 0 aliphatic carbocycles. The summed E-state index contributed by atoms with van der Waals surface area (Å²) in [5.41, 5.74) is 2.12. The van der Waals surface area contributed by atoms with Crippen LogP contribution in [0.4, 0.5) is 11.4 Å². The molecule has 0 unspecified atom stereocenters. The van der Waals surface area contributed by atoms with Gasteiger partial charge in [0.15, 0.2) is 5.11 Å². The van der Waals surface area contributed by atoms with Gasteiger partial charge in [0.2, 0.25) is 0 Å². The van der Waals surface area contributed by atoms with Crippen LogP contribution in [0.1, 0.15) is 10.4 Å². The molecule has 3 rings (SSSR count). The molecule has 2 aromatic carbocycles. The smallest absolute Gasteiger partial charge is 0.264 e. The van der Waals surface area contributed by atoms with Crippen molar-refractivity contribution in [2.45, 2.75) is 0 Å². The van der Waals surface area contributed by atoms with Crippen LogP contribution in [-0.4, -0.2) is 51.5 Å². The van der Waals surface area contributed by atoms with Crippen molar-refractivity contribution in [3.8, 4) is 11.5 Å². The molecule has 0 saturated carbocycles. The van der Waals surface area contributed by atoms with E-state index in [1.165, 1.54) is 14.2 Å². The second kappa shape index (κ2) is 9.38. The van der Waals surface area contributed by atoms with Crippen molar-refractivity contribution >= 4 is 34.6 Å². The lowest BCUT2D eigenvalue weighted by molar-refractivity contribution is 0.0971. The first-order chi connectivity index (χ1) is 13.6. The Hall–Kier alpha value is -2.84. The lowest BCUT2D eigenvalue weighted by atomic mass is 10.1. The van der Waals surface area contributed by atoms with Crippen molar-refractivity contribution in [2.24, 2.45) is 0 Å². The van der Waals surface area contributed by atoms with E-state index in [1.54, 1.807) is 18.2 Å². The minimum absolute atomic E-state index is 0.193. The maximum absolute atomic E-state index is 12.8. The van der Waals surface area contributed by atoms with Crippen molar-refractivity contribution in [1.29, 1.82) is 0 Å². The van der Waals surface area contributed by atoms with Gasteiger partial charge in [-0.1, -0.05) is 18.2 Å². The quantitative estimate of drug-likeness (QED) is 0.747.